The van der Waals surface area contributed by atoms with Gasteiger partial charge in [-0.1, -0.05) is 34.1 Å². The predicted molar refractivity (Wildman–Crippen MR) is 68.2 cm³/mol. The van der Waals surface area contributed by atoms with Crippen molar-refractivity contribution in [3.63, 3.8) is 0 Å². The van der Waals surface area contributed by atoms with Gasteiger partial charge in [-0.3, -0.25) is 0 Å². The number of ether oxygens (including phenoxy) is 1. The summed E-state index contributed by atoms with van der Waals surface area (Å²) < 4.78 is 6.25. The van der Waals surface area contributed by atoms with Crippen LogP contribution in [0.2, 0.25) is 0 Å². The van der Waals surface area contributed by atoms with Crippen LogP contribution in [0.25, 0.3) is 0 Å². The van der Waals surface area contributed by atoms with Gasteiger partial charge < -0.3 is 14.9 Å². The highest BCUT2D eigenvalue weighted by Crippen LogP contribution is 2.27. The molecule has 0 aromatic heterocycles. The van der Waals surface area contributed by atoms with E-state index in [-0.39, 0.29) is 11.5 Å². The highest BCUT2D eigenvalue weighted by molar-refractivity contribution is 9.10. The van der Waals surface area contributed by atoms with Gasteiger partial charge in [0.2, 0.25) is 0 Å². The van der Waals surface area contributed by atoms with Crippen LogP contribution in [-0.2, 0) is 6.61 Å². The molecule has 0 heterocycles. The lowest BCUT2D eigenvalue weighted by Gasteiger charge is -2.09. The normalized spacial score (nSPS) is 10.2. The fourth-order valence-electron chi connectivity index (χ4n) is 1.39. The summed E-state index contributed by atoms with van der Waals surface area (Å²) in [4.78, 5) is 0. The number of aromatic hydroxyl groups is 2. The van der Waals surface area contributed by atoms with Crippen LogP contribution in [-0.4, -0.2) is 10.2 Å². The molecule has 0 radical (unpaired) electrons. The molecule has 88 valence electrons. The second-order valence-corrected chi connectivity index (χ2v) is 4.39. The molecule has 0 saturated heterocycles. The molecule has 2 aromatic carbocycles. The van der Waals surface area contributed by atoms with Crippen molar-refractivity contribution in [1.29, 1.82) is 0 Å². The lowest BCUT2D eigenvalue weighted by molar-refractivity contribution is 0.288. The topological polar surface area (TPSA) is 49.7 Å². The predicted octanol–water partition coefficient (Wildman–Crippen LogP) is 3.44. The number of para-hydroxylation sites is 2. The number of hydrogen-bond donors (Lipinski definition) is 2. The quantitative estimate of drug-likeness (QED) is 0.912. The lowest BCUT2D eigenvalue weighted by atomic mass is 10.2. The molecule has 0 bridgehead atoms. The van der Waals surface area contributed by atoms with Crippen molar-refractivity contribution in [3.05, 3.63) is 52.5 Å². The smallest absolute Gasteiger partial charge is 0.161 e. The van der Waals surface area contributed by atoms with Crippen molar-refractivity contribution in [1.82, 2.24) is 0 Å². The summed E-state index contributed by atoms with van der Waals surface area (Å²) in [5.41, 5.74) is 0.894. The summed E-state index contributed by atoms with van der Waals surface area (Å²) in [7, 11) is 0. The number of hydrogen-bond acceptors (Lipinski definition) is 3. The average molecular weight is 295 g/mol. The first-order chi connectivity index (χ1) is 8.16. The van der Waals surface area contributed by atoms with Crippen molar-refractivity contribution >= 4 is 15.9 Å². The Balaban J connectivity index is 2.10. The molecule has 0 aliphatic carbocycles. The van der Waals surface area contributed by atoms with Gasteiger partial charge in [0, 0.05) is 10.0 Å². The first-order valence-corrected chi connectivity index (χ1v) is 5.84. The SMILES string of the molecule is Oc1ccc(COc2ccccc2O)c(Br)c1. The van der Waals surface area contributed by atoms with Gasteiger partial charge in [0.1, 0.15) is 12.4 Å². The first kappa shape index (κ1) is 11.8. The molecule has 0 spiro atoms. The van der Waals surface area contributed by atoms with E-state index in [1.807, 2.05) is 0 Å². The van der Waals surface area contributed by atoms with Crippen LogP contribution in [0.3, 0.4) is 0 Å². The van der Waals surface area contributed by atoms with Gasteiger partial charge in [-0.15, -0.1) is 0 Å². The third kappa shape index (κ3) is 2.91. The molecule has 2 rings (SSSR count). The summed E-state index contributed by atoms with van der Waals surface area (Å²) in [5.74, 6) is 0.748. The number of halogens is 1. The maximum atomic E-state index is 9.53. The summed E-state index contributed by atoms with van der Waals surface area (Å²) in [6.07, 6.45) is 0. The minimum Gasteiger partial charge on any atom is -0.508 e. The molecule has 3 nitrogen and oxygen atoms in total. The number of rotatable bonds is 3. The molecule has 0 fully saturated rings. The third-order valence-electron chi connectivity index (χ3n) is 2.29. The van der Waals surface area contributed by atoms with Crippen molar-refractivity contribution in [2.75, 3.05) is 0 Å². The monoisotopic (exact) mass is 294 g/mol. The largest absolute Gasteiger partial charge is 0.508 e. The average Bonchev–Trinajstić information content (AvgIpc) is 2.30. The van der Waals surface area contributed by atoms with Gasteiger partial charge in [0.25, 0.3) is 0 Å². The molecule has 0 aliphatic heterocycles. The zero-order valence-electron chi connectivity index (χ0n) is 8.93. The van der Waals surface area contributed by atoms with Gasteiger partial charge in [0.15, 0.2) is 11.5 Å². The van der Waals surface area contributed by atoms with Crippen LogP contribution < -0.4 is 4.74 Å². The molecular weight excluding hydrogens is 284 g/mol. The van der Waals surface area contributed by atoms with E-state index in [9.17, 15) is 10.2 Å². The summed E-state index contributed by atoms with van der Waals surface area (Å²) >= 11 is 3.34. The van der Waals surface area contributed by atoms with Crippen molar-refractivity contribution < 1.29 is 14.9 Å². The van der Waals surface area contributed by atoms with Crippen LogP contribution in [0.1, 0.15) is 5.56 Å². The van der Waals surface area contributed by atoms with Gasteiger partial charge in [0.05, 0.1) is 0 Å². The van der Waals surface area contributed by atoms with Crippen LogP contribution >= 0.6 is 15.9 Å². The van der Waals surface area contributed by atoms with E-state index in [2.05, 4.69) is 15.9 Å². The van der Waals surface area contributed by atoms with Gasteiger partial charge >= 0.3 is 0 Å². The molecule has 0 amide bonds. The number of phenolic OH excluding ortho intramolecular Hbond substituents is 2. The molecule has 2 N–H and O–H groups in total. The highest BCUT2D eigenvalue weighted by Gasteiger charge is 2.04. The Morgan fingerprint density at radius 1 is 1.06 bits per heavy atom. The summed E-state index contributed by atoms with van der Waals surface area (Å²) in [5, 5.41) is 18.8. The zero-order valence-corrected chi connectivity index (χ0v) is 10.5. The van der Waals surface area contributed by atoms with Crippen LogP contribution in [0.15, 0.2) is 46.9 Å². The van der Waals surface area contributed by atoms with E-state index in [4.69, 9.17) is 4.74 Å². The molecular formula is C13H11BrO3. The maximum absolute atomic E-state index is 9.53. The Hall–Kier alpha value is -1.68. The van der Waals surface area contributed by atoms with Crippen LogP contribution in [0.4, 0.5) is 0 Å². The van der Waals surface area contributed by atoms with Crippen LogP contribution in [0.5, 0.6) is 17.2 Å². The zero-order chi connectivity index (χ0) is 12.3. The van der Waals surface area contributed by atoms with Gasteiger partial charge in [-0.05, 0) is 24.3 Å². The standard InChI is InChI=1S/C13H11BrO3/c14-11-7-10(15)6-5-9(11)8-17-13-4-2-1-3-12(13)16/h1-7,15-16H,8H2. The Bertz CT molecular complexity index is 526. The lowest BCUT2D eigenvalue weighted by Crippen LogP contribution is -1.96. The summed E-state index contributed by atoms with van der Waals surface area (Å²) in [6.45, 7) is 0.318. The Morgan fingerprint density at radius 2 is 1.82 bits per heavy atom. The van der Waals surface area contributed by atoms with Crippen molar-refractivity contribution in [3.8, 4) is 17.2 Å². The van der Waals surface area contributed by atoms with E-state index >= 15 is 0 Å². The molecule has 0 aliphatic rings. The molecule has 2 aromatic rings. The van der Waals surface area contributed by atoms with Crippen LogP contribution in [0, 0.1) is 0 Å². The van der Waals surface area contributed by atoms with Crippen molar-refractivity contribution in [2.45, 2.75) is 6.61 Å². The molecule has 0 atom stereocenters. The summed E-state index contributed by atoms with van der Waals surface area (Å²) in [6, 6.07) is 11.8. The highest BCUT2D eigenvalue weighted by atomic mass is 79.9. The van der Waals surface area contributed by atoms with Gasteiger partial charge in [-0.25, -0.2) is 0 Å². The second kappa shape index (κ2) is 5.10. The Kier molecular flexibility index (Phi) is 3.54. The second-order valence-electron chi connectivity index (χ2n) is 3.53. The minimum atomic E-state index is 0.113. The molecule has 0 unspecified atom stereocenters. The maximum Gasteiger partial charge on any atom is 0.161 e. The van der Waals surface area contributed by atoms with E-state index < -0.39 is 0 Å². The minimum absolute atomic E-state index is 0.113. The fourth-order valence-corrected chi connectivity index (χ4v) is 1.87. The molecule has 4 heteroatoms. The van der Waals surface area contributed by atoms with Gasteiger partial charge in [-0.2, -0.15) is 0 Å². The Labute approximate surface area is 107 Å². The van der Waals surface area contributed by atoms with Crippen molar-refractivity contribution in [2.24, 2.45) is 0 Å². The fraction of sp³-hybridized carbons (Fsp3) is 0.0769. The third-order valence-corrected chi connectivity index (χ3v) is 3.02. The van der Waals surface area contributed by atoms with E-state index in [1.165, 1.54) is 0 Å². The Morgan fingerprint density at radius 3 is 2.53 bits per heavy atom. The number of benzene rings is 2. The molecule has 0 saturated carbocycles. The first-order valence-electron chi connectivity index (χ1n) is 5.05. The van der Waals surface area contributed by atoms with E-state index in [1.54, 1.807) is 42.5 Å². The molecule has 17 heavy (non-hydrogen) atoms. The number of phenols is 2. The van der Waals surface area contributed by atoms with E-state index in [0.29, 0.717) is 12.4 Å². The van der Waals surface area contributed by atoms with E-state index in [0.717, 1.165) is 10.0 Å².